The molecule has 0 aromatic carbocycles. The van der Waals surface area contributed by atoms with Crippen molar-refractivity contribution in [1.29, 1.82) is 0 Å². The zero-order chi connectivity index (χ0) is 9.97. The minimum Gasteiger partial charge on any atom is -0.449 e. The first kappa shape index (κ1) is 9.71. The number of oxazole rings is 1. The Balaban J connectivity index is 1.85. The summed E-state index contributed by atoms with van der Waals surface area (Å²) in [6.07, 6.45) is 5.25. The van der Waals surface area contributed by atoms with E-state index in [2.05, 4.69) is 16.8 Å². The Morgan fingerprint density at radius 3 is 3.07 bits per heavy atom. The van der Waals surface area contributed by atoms with Crippen LogP contribution in [0.4, 0.5) is 0 Å². The average molecular weight is 194 g/mol. The van der Waals surface area contributed by atoms with Gasteiger partial charge in [-0.1, -0.05) is 0 Å². The van der Waals surface area contributed by atoms with E-state index in [0.29, 0.717) is 0 Å². The SMILES string of the molecule is Cc1ocnc1CCN1CCCC1C. The van der Waals surface area contributed by atoms with Crippen molar-refractivity contribution in [3.05, 3.63) is 17.8 Å². The number of aryl methyl sites for hydroxylation is 1. The highest BCUT2D eigenvalue weighted by molar-refractivity contribution is 5.05. The molecule has 1 aromatic heterocycles. The Morgan fingerprint density at radius 2 is 2.50 bits per heavy atom. The molecule has 1 fully saturated rings. The maximum atomic E-state index is 5.18. The van der Waals surface area contributed by atoms with Crippen molar-refractivity contribution < 1.29 is 4.42 Å². The number of hydrogen-bond acceptors (Lipinski definition) is 3. The normalized spacial score (nSPS) is 23.1. The highest BCUT2D eigenvalue weighted by Crippen LogP contribution is 2.17. The smallest absolute Gasteiger partial charge is 0.181 e. The van der Waals surface area contributed by atoms with Crippen LogP contribution in [0, 0.1) is 6.92 Å². The molecule has 1 unspecified atom stereocenters. The van der Waals surface area contributed by atoms with Gasteiger partial charge in [-0.25, -0.2) is 4.98 Å². The molecule has 3 nitrogen and oxygen atoms in total. The second-order valence-corrected chi connectivity index (χ2v) is 4.13. The Labute approximate surface area is 85.1 Å². The fourth-order valence-corrected chi connectivity index (χ4v) is 2.14. The lowest BCUT2D eigenvalue weighted by atomic mass is 10.2. The van der Waals surface area contributed by atoms with Crippen LogP contribution in [0.25, 0.3) is 0 Å². The molecule has 1 atom stereocenters. The van der Waals surface area contributed by atoms with E-state index in [4.69, 9.17) is 4.42 Å². The molecule has 1 aliphatic rings. The molecule has 0 saturated carbocycles. The van der Waals surface area contributed by atoms with Gasteiger partial charge in [0.2, 0.25) is 0 Å². The van der Waals surface area contributed by atoms with Crippen LogP contribution in [-0.4, -0.2) is 29.0 Å². The molecule has 78 valence electrons. The van der Waals surface area contributed by atoms with Crippen molar-refractivity contribution in [2.45, 2.75) is 39.2 Å². The van der Waals surface area contributed by atoms with E-state index in [9.17, 15) is 0 Å². The summed E-state index contributed by atoms with van der Waals surface area (Å²) in [5, 5.41) is 0. The van der Waals surface area contributed by atoms with Crippen LogP contribution in [0.2, 0.25) is 0 Å². The summed E-state index contributed by atoms with van der Waals surface area (Å²) in [6.45, 7) is 6.66. The first-order chi connectivity index (χ1) is 6.77. The summed E-state index contributed by atoms with van der Waals surface area (Å²) in [7, 11) is 0. The molecular weight excluding hydrogens is 176 g/mol. The number of hydrogen-bond donors (Lipinski definition) is 0. The molecule has 3 heteroatoms. The number of nitrogens with zero attached hydrogens (tertiary/aromatic N) is 2. The van der Waals surface area contributed by atoms with E-state index in [1.807, 2.05) is 6.92 Å². The predicted octanol–water partition coefficient (Wildman–Crippen LogP) is 2.01. The molecule has 0 radical (unpaired) electrons. The molecular formula is C11H18N2O. The summed E-state index contributed by atoms with van der Waals surface area (Å²) in [6, 6.07) is 0.752. The second kappa shape index (κ2) is 4.13. The lowest BCUT2D eigenvalue weighted by molar-refractivity contribution is 0.271. The highest BCUT2D eigenvalue weighted by atomic mass is 16.3. The molecule has 2 heterocycles. The first-order valence-electron chi connectivity index (χ1n) is 5.40. The Morgan fingerprint density at radius 1 is 1.64 bits per heavy atom. The van der Waals surface area contributed by atoms with E-state index >= 15 is 0 Å². The van der Waals surface area contributed by atoms with Crippen molar-refractivity contribution in [2.75, 3.05) is 13.1 Å². The molecule has 14 heavy (non-hydrogen) atoms. The molecule has 2 rings (SSSR count). The van der Waals surface area contributed by atoms with Gasteiger partial charge in [-0.2, -0.15) is 0 Å². The number of rotatable bonds is 3. The standard InChI is InChI=1S/C11H18N2O/c1-9-4-3-6-13(9)7-5-11-10(2)14-8-12-11/h8-9H,3-7H2,1-2H3. The third kappa shape index (κ3) is 1.98. The summed E-state index contributed by atoms with van der Waals surface area (Å²) in [5.41, 5.74) is 1.11. The molecule has 1 aromatic rings. The minimum atomic E-state index is 0.752. The van der Waals surface area contributed by atoms with Gasteiger partial charge in [0.1, 0.15) is 5.76 Å². The highest BCUT2D eigenvalue weighted by Gasteiger charge is 2.19. The summed E-state index contributed by atoms with van der Waals surface area (Å²) in [5.74, 6) is 0.969. The van der Waals surface area contributed by atoms with Crippen molar-refractivity contribution in [1.82, 2.24) is 9.88 Å². The molecule has 1 saturated heterocycles. The van der Waals surface area contributed by atoms with Crippen LogP contribution in [0.1, 0.15) is 31.2 Å². The summed E-state index contributed by atoms with van der Waals surface area (Å²) < 4.78 is 5.18. The fourth-order valence-electron chi connectivity index (χ4n) is 2.14. The predicted molar refractivity (Wildman–Crippen MR) is 55.2 cm³/mol. The summed E-state index contributed by atoms with van der Waals surface area (Å²) >= 11 is 0. The van der Waals surface area contributed by atoms with Gasteiger partial charge >= 0.3 is 0 Å². The summed E-state index contributed by atoms with van der Waals surface area (Å²) in [4.78, 5) is 6.74. The van der Waals surface area contributed by atoms with Crippen LogP contribution < -0.4 is 0 Å². The van der Waals surface area contributed by atoms with Gasteiger partial charge in [0.15, 0.2) is 6.39 Å². The molecule has 0 amide bonds. The monoisotopic (exact) mass is 194 g/mol. The molecule has 0 aliphatic carbocycles. The third-order valence-corrected chi connectivity index (χ3v) is 3.17. The van der Waals surface area contributed by atoms with Gasteiger partial charge in [-0.3, -0.25) is 0 Å². The van der Waals surface area contributed by atoms with Crippen LogP contribution in [0.5, 0.6) is 0 Å². The molecule has 0 bridgehead atoms. The van der Waals surface area contributed by atoms with Crippen LogP contribution >= 0.6 is 0 Å². The van der Waals surface area contributed by atoms with Crippen molar-refractivity contribution in [3.63, 3.8) is 0 Å². The maximum Gasteiger partial charge on any atom is 0.181 e. The van der Waals surface area contributed by atoms with Gasteiger partial charge < -0.3 is 9.32 Å². The Kier molecular flexibility index (Phi) is 2.87. The fraction of sp³-hybridized carbons (Fsp3) is 0.727. The van der Waals surface area contributed by atoms with E-state index in [1.54, 1.807) is 0 Å². The van der Waals surface area contributed by atoms with Crippen molar-refractivity contribution in [2.24, 2.45) is 0 Å². The van der Waals surface area contributed by atoms with E-state index < -0.39 is 0 Å². The lowest BCUT2D eigenvalue weighted by Crippen LogP contribution is -2.29. The van der Waals surface area contributed by atoms with Crippen LogP contribution in [-0.2, 0) is 6.42 Å². The molecule has 0 spiro atoms. The van der Waals surface area contributed by atoms with Gasteiger partial charge in [-0.05, 0) is 33.2 Å². The maximum absolute atomic E-state index is 5.18. The van der Waals surface area contributed by atoms with E-state index in [1.165, 1.54) is 25.8 Å². The third-order valence-electron chi connectivity index (χ3n) is 3.17. The van der Waals surface area contributed by atoms with E-state index in [0.717, 1.165) is 30.5 Å². The average Bonchev–Trinajstić information content (AvgIpc) is 2.72. The van der Waals surface area contributed by atoms with Crippen molar-refractivity contribution in [3.8, 4) is 0 Å². The minimum absolute atomic E-state index is 0.752. The van der Waals surface area contributed by atoms with Gasteiger partial charge in [0, 0.05) is 19.0 Å². The molecule has 0 N–H and O–H groups in total. The second-order valence-electron chi connectivity index (χ2n) is 4.13. The Bertz CT molecular complexity index is 295. The topological polar surface area (TPSA) is 29.3 Å². The van der Waals surface area contributed by atoms with Gasteiger partial charge in [0.05, 0.1) is 5.69 Å². The zero-order valence-corrected chi connectivity index (χ0v) is 8.99. The van der Waals surface area contributed by atoms with Crippen LogP contribution in [0.3, 0.4) is 0 Å². The van der Waals surface area contributed by atoms with Gasteiger partial charge in [0.25, 0.3) is 0 Å². The largest absolute Gasteiger partial charge is 0.449 e. The lowest BCUT2D eigenvalue weighted by Gasteiger charge is -2.19. The van der Waals surface area contributed by atoms with Crippen LogP contribution in [0.15, 0.2) is 10.8 Å². The zero-order valence-electron chi connectivity index (χ0n) is 8.99. The van der Waals surface area contributed by atoms with Gasteiger partial charge in [-0.15, -0.1) is 0 Å². The quantitative estimate of drug-likeness (QED) is 0.737. The Hall–Kier alpha value is -0.830. The molecule has 1 aliphatic heterocycles. The van der Waals surface area contributed by atoms with Crippen molar-refractivity contribution >= 4 is 0 Å². The first-order valence-corrected chi connectivity index (χ1v) is 5.40. The number of likely N-dealkylation sites (tertiary alicyclic amines) is 1. The number of aromatic nitrogens is 1. The van der Waals surface area contributed by atoms with E-state index in [-0.39, 0.29) is 0 Å².